The fourth-order valence-electron chi connectivity index (χ4n) is 3.04. The molecule has 2 fully saturated rings. The molecule has 2 atom stereocenters. The van der Waals surface area contributed by atoms with Gasteiger partial charge in [0.25, 0.3) is 0 Å². The van der Waals surface area contributed by atoms with Gasteiger partial charge in [-0.15, -0.1) is 0 Å². The van der Waals surface area contributed by atoms with Crippen molar-refractivity contribution in [3.63, 3.8) is 0 Å². The molecule has 2 aliphatic rings. The quantitative estimate of drug-likeness (QED) is 0.866. The lowest BCUT2D eigenvalue weighted by atomic mass is 9.97. The Morgan fingerprint density at radius 1 is 1.21 bits per heavy atom. The fourth-order valence-corrected chi connectivity index (χ4v) is 3.04. The number of hydrogen-bond acceptors (Lipinski definition) is 2. The predicted octanol–water partition coefficient (Wildman–Crippen LogP) is 1.91. The molecule has 102 valence electrons. The minimum absolute atomic E-state index is 0.232. The zero-order chi connectivity index (χ0) is 13.1. The van der Waals surface area contributed by atoms with Gasteiger partial charge < -0.3 is 10.6 Å². The van der Waals surface area contributed by atoms with E-state index < -0.39 is 0 Å². The zero-order valence-electron chi connectivity index (χ0n) is 11.3. The highest BCUT2D eigenvalue weighted by molar-refractivity contribution is 5.78. The lowest BCUT2D eigenvalue weighted by Gasteiger charge is -2.21. The number of carbonyl (C=O) groups is 1. The minimum Gasteiger partial charge on any atom is -0.356 e. The van der Waals surface area contributed by atoms with E-state index in [9.17, 15) is 4.79 Å². The van der Waals surface area contributed by atoms with Gasteiger partial charge in [0.05, 0.1) is 0 Å². The summed E-state index contributed by atoms with van der Waals surface area (Å²) in [5, 5.41) is 6.44. The molecule has 3 nitrogen and oxygen atoms in total. The lowest BCUT2D eigenvalue weighted by molar-refractivity contribution is -0.125. The Bertz CT molecular complexity index is 426. The van der Waals surface area contributed by atoms with Gasteiger partial charge in [0, 0.05) is 12.5 Å². The Kier molecular flexibility index (Phi) is 3.83. The Labute approximate surface area is 114 Å². The van der Waals surface area contributed by atoms with Gasteiger partial charge >= 0.3 is 0 Å². The maximum Gasteiger partial charge on any atom is 0.223 e. The predicted molar refractivity (Wildman–Crippen MR) is 75.9 cm³/mol. The van der Waals surface area contributed by atoms with E-state index in [0.29, 0.717) is 11.8 Å². The van der Waals surface area contributed by atoms with Crippen LogP contribution in [0.3, 0.4) is 0 Å². The van der Waals surface area contributed by atoms with E-state index in [1.165, 1.54) is 12.0 Å². The summed E-state index contributed by atoms with van der Waals surface area (Å²) < 4.78 is 0. The van der Waals surface area contributed by atoms with Gasteiger partial charge in [-0.05, 0) is 49.8 Å². The number of benzene rings is 1. The molecule has 0 aromatic heterocycles. The molecule has 19 heavy (non-hydrogen) atoms. The van der Waals surface area contributed by atoms with Crippen molar-refractivity contribution in [1.29, 1.82) is 0 Å². The van der Waals surface area contributed by atoms with Crippen LogP contribution in [0.25, 0.3) is 0 Å². The summed E-state index contributed by atoms with van der Waals surface area (Å²) in [6, 6.07) is 10.6. The summed E-state index contributed by atoms with van der Waals surface area (Å²) in [7, 11) is 0. The van der Waals surface area contributed by atoms with E-state index in [-0.39, 0.29) is 11.8 Å². The smallest absolute Gasteiger partial charge is 0.223 e. The molecule has 0 spiro atoms. The molecule has 3 heteroatoms. The Morgan fingerprint density at radius 2 is 1.95 bits per heavy atom. The summed E-state index contributed by atoms with van der Waals surface area (Å²) in [5.74, 6) is 1.80. The third-order valence-corrected chi connectivity index (χ3v) is 4.40. The SMILES string of the molecule is O=C(NC[C@H]1C[C@H]1c1ccccc1)C1CCNCC1. The molecule has 0 unspecified atom stereocenters. The van der Waals surface area contributed by atoms with Crippen LogP contribution in [0.15, 0.2) is 30.3 Å². The Morgan fingerprint density at radius 3 is 2.68 bits per heavy atom. The fraction of sp³-hybridized carbons (Fsp3) is 0.562. The van der Waals surface area contributed by atoms with E-state index in [4.69, 9.17) is 0 Å². The van der Waals surface area contributed by atoms with Gasteiger partial charge in [0.15, 0.2) is 0 Å². The Balaban J connectivity index is 1.43. The van der Waals surface area contributed by atoms with Crippen molar-refractivity contribution in [3.8, 4) is 0 Å². The van der Waals surface area contributed by atoms with Gasteiger partial charge in [0.1, 0.15) is 0 Å². The van der Waals surface area contributed by atoms with Crippen molar-refractivity contribution >= 4 is 5.91 Å². The number of nitrogens with one attached hydrogen (secondary N) is 2. The van der Waals surface area contributed by atoms with Crippen LogP contribution in [-0.4, -0.2) is 25.5 Å². The largest absolute Gasteiger partial charge is 0.356 e. The van der Waals surface area contributed by atoms with Crippen LogP contribution in [0.4, 0.5) is 0 Å². The van der Waals surface area contributed by atoms with E-state index in [2.05, 4.69) is 41.0 Å². The van der Waals surface area contributed by atoms with Gasteiger partial charge in [0.2, 0.25) is 5.91 Å². The first kappa shape index (κ1) is 12.7. The van der Waals surface area contributed by atoms with Gasteiger partial charge in [-0.2, -0.15) is 0 Å². The average Bonchev–Trinajstić information content (AvgIpc) is 3.26. The molecule has 1 aromatic carbocycles. The third kappa shape index (κ3) is 3.16. The first-order valence-electron chi connectivity index (χ1n) is 7.38. The van der Waals surface area contributed by atoms with Crippen LogP contribution in [0.5, 0.6) is 0 Å². The highest BCUT2D eigenvalue weighted by Crippen LogP contribution is 2.46. The van der Waals surface area contributed by atoms with Crippen LogP contribution in [0, 0.1) is 11.8 Å². The third-order valence-electron chi connectivity index (χ3n) is 4.40. The summed E-state index contributed by atoms with van der Waals surface area (Å²) in [5.41, 5.74) is 1.42. The molecule has 1 saturated carbocycles. The van der Waals surface area contributed by atoms with Crippen molar-refractivity contribution in [3.05, 3.63) is 35.9 Å². The number of hydrogen-bond donors (Lipinski definition) is 2. The van der Waals surface area contributed by atoms with Crippen molar-refractivity contribution in [2.75, 3.05) is 19.6 Å². The molecular weight excluding hydrogens is 236 g/mol. The molecule has 1 saturated heterocycles. The zero-order valence-corrected chi connectivity index (χ0v) is 11.3. The van der Waals surface area contributed by atoms with Crippen LogP contribution in [0.2, 0.25) is 0 Å². The standard InChI is InChI=1S/C16H22N2O/c19-16(13-6-8-17-9-7-13)18-11-14-10-15(14)12-4-2-1-3-5-12/h1-5,13-15,17H,6-11H2,(H,18,19)/t14-,15+/m1/s1. The maximum absolute atomic E-state index is 12.0. The molecule has 1 aliphatic carbocycles. The number of piperidine rings is 1. The molecule has 2 N–H and O–H groups in total. The summed E-state index contributed by atoms with van der Waals surface area (Å²) in [6.45, 7) is 2.81. The van der Waals surface area contributed by atoms with Crippen molar-refractivity contribution in [2.45, 2.75) is 25.2 Å². The topological polar surface area (TPSA) is 41.1 Å². The monoisotopic (exact) mass is 258 g/mol. The van der Waals surface area contributed by atoms with Crippen LogP contribution >= 0.6 is 0 Å². The normalized spacial score (nSPS) is 26.9. The second kappa shape index (κ2) is 5.74. The maximum atomic E-state index is 12.0. The molecule has 0 radical (unpaired) electrons. The minimum atomic E-state index is 0.232. The molecule has 3 rings (SSSR count). The molecule has 1 amide bonds. The molecule has 1 heterocycles. The van der Waals surface area contributed by atoms with E-state index in [1.54, 1.807) is 0 Å². The van der Waals surface area contributed by atoms with E-state index >= 15 is 0 Å². The highest BCUT2D eigenvalue weighted by atomic mass is 16.1. The first-order valence-corrected chi connectivity index (χ1v) is 7.38. The second-order valence-electron chi connectivity index (χ2n) is 5.78. The summed E-state index contributed by atoms with van der Waals surface area (Å²) >= 11 is 0. The van der Waals surface area contributed by atoms with Crippen molar-refractivity contribution in [1.82, 2.24) is 10.6 Å². The van der Waals surface area contributed by atoms with Crippen molar-refractivity contribution in [2.24, 2.45) is 11.8 Å². The van der Waals surface area contributed by atoms with Gasteiger partial charge in [-0.1, -0.05) is 30.3 Å². The van der Waals surface area contributed by atoms with Crippen LogP contribution in [0.1, 0.15) is 30.7 Å². The first-order chi connectivity index (χ1) is 9.34. The molecular formula is C16H22N2O. The van der Waals surface area contributed by atoms with Crippen molar-refractivity contribution < 1.29 is 4.79 Å². The number of carbonyl (C=O) groups excluding carboxylic acids is 1. The summed E-state index contributed by atoms with van der Waals surface area (Å²) in [4.78, 5) is 12.0. The van der Waals surface area contributed by atoms with Gasteiger partial charge in [-0.25, -0.2) is 0 Å². The molecule has 0 bridgehead atoms. The average molecular weight is 258 g/mol. The number of rotatable bonds is 4. The lowest BCUT2D eigenvalue weighted by Crippen LogP contribution is -2.38. The van der Waals surface area contributed by atoms with Gasteiger partial charge in [-0.3, -0.25) is 4.79 Å². The van der Waals surface area contributed by atoms with E-state index in [0.717, 1.165) is 32.5 Å². The van der Waals surface area contributed by atoms with Crippen LogP contribution < -0.4 is 10.6 Å². The van der Waals surface area contributed by atoms with Crippen LogP contribution in [-0.2, 0) is 4.79 Å². The second-order valence-corrected chi connectivity index (χ2v) is 5.78. The number of amides is 1. The summed E-state index contributed by atoms with van der Waals surface area (Å²) in [6.07, 6.45) is 3.19. The van der Waals surface area contributed by atoms with E-state index in [1.807, 2.05) is 0 Å². The molecule has 1 aliphatic heterocycles. The highest BCUT2D eigenvalue weighted by Gasteiger charge is 2.38. The molecule has 1 aromatic rings. The Hall–Kier alpha value is -1.35.